The minimum Gasteiger partial charge on any atom is -0.481 e. The quantitative estimate of drug-likeness (QED) is 0.0569. The van der Waals surface area contributed by atoms with Crippen molar-refractivity contribution in [2.24, 2.45) is 7.05 Å². The third-order valence-electron chi connectivity index (χ3n) is 10.2. The van der Waals surface area contributed by atoms with Gasteiger partial charge in [0.05, 0.1) is 48.3 Å². The van der Waals surface area contributed by atoms with Gasteiger partial charge in [-0.1, -0.05) is 48.9 Å². The Labute approximate surface area is 491 Å². The highest BCUT2D eigenvalue weighted by atomic mass is 32.1. The highest BCUT2D eigenvalue weighted by molar-refractivity contribution is 8.12. The van der Waals surface area contributed by atoms with Gasteiger partial charge in [-0.3, -0.25) is 14.8 Å². The summed E-state index contributed by atoms with van der Waals surface area (Å²) in [7, 11) is 1.69. The van der Waals surface area contributed by atoms with Gasteiger partial charge in [0.25, 0.3) is 5.97 Å². The number of imidazole rings is 1. The molecule has 0 aliphatic carbocycles. The standard InChI is InChI=1S/C10H13NS2.2C8H10N2S2.C7H10N2O2.C6H7NO3.C6H7NO2S.C2H4O2.C2H4S2/c1-5-6(2)8(4)11-9(7(5)3)10(12)13;1-4-5(2)10-7(8(11)12)6(3)9-4;1-4-5(2)9-7(8(11)12)10-6(4)3;1-4-5(2)9(3)6(8-4)7(10)11;2*1-3-4(2)10-5(7-3)6(8)9;2*1-2(3)4/h1-4H3,(H,12,13);2*1-3H3,(H,11,12);1-3H3,(H,10,11);2*1-2H3,(H,8,9);2*1H3,(H,3,4). The molecule has 414 valence electrons. The fourth-order valence-electron chi connectivity index (χ4n) is 5.10. The van der Waals surface area contributed by atoms with Gasteiger partial charge < -0.3 is 29.4 Å². The maximum absolute atomic E-state index is 10.5. The number of thiazole rings is 1. The SMILES string of the molecule is CC(=O)O.CC(=S)S.Cc1nc(C(=O)O)n(C)c1C.Cc1nc(C(=O)O)oc1C.Cc1nc(C(=O)O)sc1C.Cc1nc(C(=S)S)c(C)c(C)c1C.Cc1nc(C(=S)S)nc(C)c1C.Cc1nc(C)c(C(=S)S)nc1C. The van der Waals surface area contributed by atoms with Crippen LogP contribution in [0.5, 0.6) is 0 Å². The molecule has 0 amide bonds. The van der Waals surface area contributed by atoms with E-state index < -0.39 is 23.9 Å². The van der Waals surface area contributed by atoms with Gasteiger partial charge in [0.2, 0.25) is 10.8 Å². The molecule has 6 aromatic rings. The fraction of sp³-hybridized carbons (Fsp3) is 0.388. The van der Waals surface area contributed by atoms with Crippen LogP contribution in [0.25, 0.3) is 0 Å². The van der Waals surface area contributed by atoms with E-state index in [0.29, 0.717) is 34.1 Å². The smallest absolute Gasteiger partial charge is 0.392 e. The second kappa shape index (κ2) is 34.7. The number of carboxylic acid groups (broad SMARTS) is 4. The van der Waals surface area contributed by atoms with Gasteiger partial charge in [-0.05, 0) is 140 Å². The molecular formula is C49H65N9O9S9. The molecule has 0 aromatic carbocycles. The number of pyridine rings is 1. The molecule has 6 aromatic heterocycles. The summed E-state index contributed by atoms with van der Waals surface area (Å²) in [6.07, 6.45) is 0. The Morgan fingerprint density at radius 2 is 0.908 bits per heavy atom. The largest absolute Gasteiger partial charge is 0.481 e. The summed E-state index contributed by atoms with van der Waals surface area (Å²) in [4.78, 5) is 73.8. The number of aryl methyl sites for hydroxylation is 11. The molecule has 27 heteroatoms. The van der Waals surface area contributed by atoms with Crippen molar-refractivity contribution in [3.8, 4) is 0 Å². The molecule has 4 N–H and O–H groups in total. The Balaban J connectivity index is 0. The first-order valence-corrected chi connectivity index (χ1v) is 26.2. The molecule has 0 radical (unpaired) electrons. The van der Waals surface area contributed by atoms with Crippen LogP contribution in [-0.2, 0) is 11.8 Å². The summed E-state index contributed by atoms with van der Waals surface area (Å²) in [5.41, 5.74) is 15.1. The first-order valence-electron chi connectivity index (χ1n) is 22.0. The number of carboxylic acids is 4. The van der Waals surface area contributed by atoms with Crippen molar-refractivity contribution < 1.29 is 44.0 Å². The van der Waals surface area contributed by atoms with E-state index in [1.165, 1.54) is 22.5 Å². The third kappa shape index (κ3) is 25.9. The average Bonchev–Trinajstić information content (AvgIpc) is 3.92. The second-order valence-corrected chi connectivity index (χ2v) is 22.2. The van der Waals surface area contributed by atoms with E-state index in [0.717, 1.165) is 85.6 Å². The van der Waals surface area contributed by atoms with Gasteiger partial charge >= 0.3 is 23.8 Å². The highest BCUT2D eigenvalue weighted by Crippen LogP contribution is 2.20. The van der Waals surface area contributed by atoms with Crippen molar-refractivity contribution in [1.29, 1.82) is 0 Å². The van der Waals surface area contributed by atoms with E-state index >= 15 is 0 Å². The van der Waals surface area contributed by atoms with Crippen LogP contribution in [0.4, 0.5) is 0 Å². The number of hydrogen-bond donors (Lipinski definition) is 8. The van der Waals surface area contributed by atoms with Gasteiger partial charge in [0.15, 0.2) is 5.82 Å². The number of thiocarbonyl (C=S) groups is 4. The van der Waals surface area contributed by atoms with E-state index in [1.807, 2.05) is 69.2 Å². The van der Waals surface area contributed by atoms with Crippen molar-refractivity contribution in [3.05, 3.63) is 124 Å². The van der Waals surface area contributed by atoms with Gasteiger partial charge in [0.1, 0.15) is 15.7 Å². The third-order valence-corrected chi connectivity index (χ3v) is 12.5. The Kier molecular flexibility index (Phi) is 33.4. The van der Waals surface area contributed by atoms with Crippen molar-refractivity contribution in [2.75, 3.05) is 0 Å². The van der Waals surface area contributed by atoms with E-state index in [2.05, 4.69) is 116 Å². The molecule has 0 saturated heterocycles. The van der Waals surface area contributed by atoms with Crippen LogP contribution in [0, 0.1) is 111 Å². The summed E-state index contributed by atoms with van der Waals surface area (Å²) < 4.78 is 8.55. The molecule has 18 nitrogen and oxygen atoms in total. The van der Waals surface area contributed by atoms with Crippen LogP contribution in [0.3, 0.4) is 0 Å². The summed E-state index contributed by atoms with van der Waals surface area (Å²) >= 11 is 36.3. The average molecular weight is 1210 g/mol. The van der Waals surface area contributed by atoms with Crippen molar-refractivity contribution in [3.63, 3.8) is 0 Å². The van der Waals surface area contributed by atoms with Crippen LogP contribution < -0.4 is 0 Å². The molecule has 0 unspecified atom stereocenters. The first kappa shape index (κ1) is 73.1. The maximum atomic E-state index is 10.5. The summed E-state index contributed by atoms with van der Waals surface area (Å²) in [5.74, 6) is -2.93. The van der Waals surface area contributed by atoms with Gasteiger partial charge in [-0.25, -0.2) is 44.3 Å². The van der Waals surface area contributed by atoms with Crippen molar-refractivity contribution >= 4 is 151 Å². The minimum absolute atomic E-state index is 0.0972. The molecule has 0 fully saturated rings. The molecule has 6 heterocycles. The Bertz CT molecular complexity index is 2960. The number of carbonyl (C=O) groups is 4. The number of aromatic carboxylic acids is 3. The Morgan fingerprint density at radius 3 is 1.20 bits per heavy atom. The van der Waals surface area contributed by atoms with Crippen LogP contribution in [0.15, 0.2) is 4.42 Å². The second-order valence-electron chi connectivity index (χ2n) is 15.9. The molecular weight excluding hydrogens is 1150 g/mol. The van der Waals surface area contributed by atoms with Gasteiger partial charge in [0, 0.05) is 45.8 Å². The Hall–Kier alpha value is -5.00. The van der Waals surface area contributed by atoms with Crippen molar-refractivity contribution in [1.82, 2.24) is 44.4 Å². The zero-order chi connectivity index (χ0) is 60.0. The number of nitrogens with zero attached hydrogens (tertiary/aromatic N) is 9. The van der Waals surface area contributed by atoms with Crippen LogP contribution in [0.2, 0.25) is 0 Å². The topological polar surface area (TPSA) is 270 Å². The predicted molar refractivity (Wildman–Crippen MR) is 329 cm³/mol. The molecule has 6 rings (SSSR count). The monoisotopic (exact) mass is 1210 g/mol. The van der Waals surface area contributed by atoms with Crippen LogP contribution in [0.1, 0.15) is 152 Å². The van der Waals surface area contributed by atoms with E-state index in [1.54, 1.807) is 46.2 Å². The Morgan fingerprint density at radius 1 is 0.474 bits per heavy atom. The molecule has 0 aliphatic heterocycles. The molecule has 0 spiro atoms. The van der Waals surface area contributed by atoms with Gasteiger partial charge in [-0.2, -0.15) is 0 Å². The lowest BCUT2D eigenvalue weighted by molar-refractivity contribution is -0.134. The number of aliphatic carboxylic acids is 1. The summed E-state index contributed by atoms with van der Waals surface area (Å²) in [5, 5.41) is 33.0. The number of hydrogen-bond acceptors (Lipinski definition) is 18. The molecule has 0 aliphatic rings. The zero-order valence-corrected chi connectivity index (χ0v) is 53.3. The lowest BCUT2D eigenvalue weighted by atomic mass is 10.0. The van der Waals surface area contributed by atoms with Gasteiger partial charge in [-0.15, -0.1) is 61.9 Å². The maximum Gasteiger partial charge on any atom is 0.392 e. The zero-order valence-electron chi connectivity index (χ0n) is 45.7. The van der Waals surface area contributed by atoms with E-state index in [4.69, 9.17) is 66.3 Å². The summed E-state index contributed by atoms with van der Waals surface area (Å²) in [6, 6.07) is 0. The van der Waals surface area contributed by atoms with Crippen LogP contribution >= 0.6 is 111 Å². The number of oxazole rings is 1. The lowest BCUT2D eigenvalue weighted by Crippen LogP contribution is -2.06. The number of rotatable bonds is 6. The number of thiol groups is 4. The summed E-state index contributed by atoms with van der Waals surface area (Å²) in [6.45, 7) is 33.3. The van der Waals surface area contributed by atoms with Crippen molar-refractivity contribution in [2.45, 2.75) is 125 Å². The number of aromatic nitrogens is 9. The molecule has 0 saturated carbocycles. The minimum atomic E-state index is -1.13. The molecule has 76 heavy (non-hydrogen) atoms. The fourth-order valence-corrected chi connectivity index (χ4v) is 6.86. The van der Waals surface area contributed by atoms with Crippen LogP contribution in [-0.4, -0.2) is 106 Å². The molecule has 0 atom stereocenters. The first-order chi connectivity index (χ1) is 34.7. The van der Waals surface area contributed by atoms with E-state index in [9.17, 15) is 14.4 Å². The predicted octanol–water partition coefficient (Wildman–Crippen LogP) is 11.5. The highest BCUT2D eigenvalue weighted by Gasteiger charge is 2.15. The normalized spacial score (nSPS) is 9.62. The van der Waals surface area contributed by atoms with E-state index in [-0.39, 0.29) is 16.7 Å². The lowest BCUT2D eigenvalue weighted by Gasteiger charge is -2.11. The molecule has 0 bridgehead atoms.